The molecular formula is C20H38O6. The lowest BCUT2D eigenvalue weighted by Gasteiger charge is -2.41. The van der Waals surface area contributed by atoms with E-state index in [4.69, 9.17) is 28.4 Å². The Kier molecular flexibility index (Phi) is 10.4. The van der Waals surface area contributed by atoms with Gasteiger partial charge in [0.15, 0.2) is 0 Å². The largest absolute Gasteiger partial charge is 0.377 e. The zero-order valence-corrected chi connectivity index (χ0v) is 16.9. The minimum absolute atomic E-state index is 0.134. The van der Waals surface area contributed by atoms with Crippen LogP contribution in [-0.2, 0) is 28.4 Å². The summed E-state index contributed by atoms with van der Waals surface area (Å²) < 4.78 is 34.4. The maximum absolute atomic E-state index is 6.17. The van der Waals surface area contributed by atoms with Crippen LogP contribution < -0.4 is 0 Å². The van der Waals surface area contributed by atoms with Gasteiger partial charge in [-0.3, -0.25) is 0 Å². The third-order valence-electron chi connectivity index (χ3n) is 5.19. The average Bonchev–Trinajstić information content (AvgIpc) is 2.60. The van der Waals surface area contributed by atoms with Gasteiger partial charge in [-0.2, -0.15) is 0 Å². The molecule has 6 nitrogen and oxygen atoms in total. The smallest absolute Gasteiger partial charge is 0.0840 e. The van der Waals surface area contributed by atoms with E-state index in [-0.39, 0.29) is 12.2 Å². The highest BCUT2D eigenvalue weighted by Gasteiger charge is 2.36. The quantitative estimate of drug-likeness (QED) is 0.650. The van der Waals surface area contributed by atoms with E-state index in [9.17, 15) is 0 Å². The van der Waals surface area contributed by atoms with Gasteiger partial charge in [0.1, 0.15) is 0 Å². The van der Waals surface area contributed by atoms with Crippen LogP contribution in [0.3, 0.4) is 0 Å². The van der Waals surface area contributed by atoms with Gasteiger partial charge in [0.05, 0.1) is 78.3 Å². The molecule has 1 heterocycles. The first-order chi connectivity index (χ1) is 12.6. The Balaban J connectivity index is 1.81. The normalized spacial score (nSPS) is 32.2. The van der Waals surface area contributed by atoms with Crippen LogP contribution in [0.25, 0.3) is 0 Å². The molecule has 0 amide bonds. The van der Waals surface area contributed by atoms with Crippen molar-refractivity contribution in [1.29, 1.82) is 0 Å². The van der Waals surface area contributed by atoms with Crippen molar-refractivity contribution in [2.75, 3.05) is 66.1 Å². The molecule has 154 valence electrons. The fourth-order valence-electron chi connectivity index (χ4n) is 3.53. The molecule has 2 rings (SSSR count). The van der Waals surface area contributed by atoms with Crippen LogP contribution in [0.5, 0.6) is 0 Å². The molecule has 1 aliphatic heterocycles. The third kappa shape index (κ3) is 8.63. The van der Waals surface area contributed by atoms with Crippen molar-refractivity contribution in [2.45, 2.75) is 52.2 Å². The molecule has 3 atom stereocenters. The number of ether oxygens (including phenoxy) is 6. The van der Waals surface area contributed by atoms with Crippen LogP contribution >= 0.6 is 0 Å². The summed E-state index contributed by atoms with van der Waals surface area (Å²) in [5.74, 6) is 0.660. The highest BCUT2D eigenvalue weighted by atomic mass is 16.6. The van der Waals surface area contributed by atoms with Crippen molar-refractivity contribution in [3.8, 4) is 0 Å². The van der Waals surface area contributed by atoms with Gasteiger partial charge in [0, 0.05) is 0 Å². The molecule has 0 N–H and O–H groups in total. The Morgan fingerprint density at radius 2 is 0.962 bits per heavy atom. The zero-order chi connectivity index (χ0) is 18.7. The molecule has 0 bridgehead atoms. The first-order valence-corrected chi connectivity index (χ1v) is 10.1. The maximum Gasteiger partial charge on any atom is 0.0840 e. The van der Waals surface area contributed by atoms with Crippen molar-refractivity contribution < 1.29 is 28.4 Å². The molecule has 0 aromatic heterocycles. The first kappa shape index (κ1) is 22.1. The van der Waals surface area contributed by atoms with Gasteiger partial charge in [-0.1, -0.05) is 20.8 Å². The van der Waals surface area contributed by atoms with E-state index in [1.165, 1.54) is 6.42 Å². The Hall–Kier alpha value is -0.240. The Bertz CT molecular complexity index is 357. The van der Waals surface area contributed by atoms with Crippen molar-refractivity contribution >= 4 is 0 Å². The Morgan fingerprint density at radius 3 is 1.42 bits per heavy atom. The summed E-state index contributed by atoms with van der Waals surface area (Å²) in [5.41, 5.74) is 0.303. The highest BCUT2D eigenvalue weighted by Crippen LogP contribution is 2.39. The first-order valence-electron chi connectivity index (χ1n) is 10.1. The molecule has 1 saturated heterocycles. The molecule has 2 fully saturated rings. The van der Waals surface area contributed by atoms with Crippen LogP contribution in [0.4, 0.5) is 0 Å². The maximum atomic E-state index is 6.17. The average molecular weight is 375 g/mol. The van der Waals surface area contributed by atoms with E-state index in [0.717, 1.165) is 12.8 Å². The van der Waals surface area contributed by atoms with Gasteiger partial charge in [0.25, 0.3) is 0 Å². The molecule has 6 heteroatoms. The van der Waals surface area contributed by atoms with E-state index in [1.807, 2.05) is 0 Å². The lowest BCUT2D eigenvalue weighted by molar-refractivity contribution is -0.128. The van der Waals surface area contributed by atoms with Crippen LogP contribution in [0, 0.1) is 11.3 Å². The second-order valence-electron chi connectivity index (χ2n) is 8.14. The van der Waals surface area contributed by atoms with Crippen molar-refractivity contribution in [2.24, 2.45) is 11.3 Å². The number of fused-ring (bicyclic) bond motifs is 1. The van der Waals surface area contributed by atoms with Gasteiger partial charge in [0.2, 0.25) is 0 Å². The summed E-state index contributed by atoms with van der Waals surface area (Å²) in [7, 11) is 0. The molecule has 0 aromatic carbocycles. The van der Waals surface area contributed by atoms with Crippen LogP contribution in [0.1, 0.15) is 40.0 Å². The predicted molar refractivity (Wildman–Crippen MR) is 99.6 cm³/mol. The summed E-state index contributed by atoms with van der Waals surface area (Å²) >= 11 is 0. The molecule has 0 radical (unpaired) electrons. The molecule has 1 aliphatic carbocycles. The van der Waals surface area contributed by atoms with Crippen molar-refractivity contribution in [1.82, 2.24) is 0 Å². The van der Waals surface area contributed by atoms with Crippen molar-refractivity contribution in [3.63, 3.8) is 0 Å². The molecular weight excluding hydrogens is 336 g/mol. The zero-order valence-electron chi connectivity index (χ0n) is 16.9. The SMILES string of the molecule is CC(C)(C)C1CCC2OCCOCCOCCOCCOCCOC2C1. The molecule has 1 saturated carbocycles. The molecule has 26 heavy (non-hydrogen) atoms. The van der Waals surface area contributed by atoms with Gasteiger partial charge in [-0.15, -0.1) is 0 Å². The lowest BCUT2D eigenvalue weighted by atomic mass is 9.71. The number of hydrogen-bond donors (Lipinski definition) is 0. The third-order valence-corrected chi connectivity index (χ3v) is 5.19. The van der Waals surface area contributed by atoms with E-state index in [1.54, 1.807) is 0 Å². The van der Waals surface area contributed by atoms with Gasteiger partial charge < -0.3 is 28.4 Å². The van der Waals surface area contributed by atoms with E-state index >= 15 is 0 Å². The summed E-state index contributed by atoms with van der Waals surface area (Å²) in [5, 5.41) is 0. The van der Waals surface area contributed by atoms with E-state index in [0.29, 0.717) is 77.4 Å². The van der Waals surface area contributed by atoms with Crippen LogP contribution in [-0.4, -0.2) is 78.3 Å². The fraction of sp³-hybridized carbons (Fsp3) is 1.00. The molecule has 3 unspecified atom stereocenters. The topological polar surface area (TPSA) is 55.4 Å². The summed E-state index contributed by atoms with van der Waals surface area (Å²) in [6.07, 6.45) is 3.57. The minimum atomic E-state index is 0.134. The van der Waals surface area contributed by atoms with E-state index in [2.05, 4.69) is 20.8 Å². The predicted octanol–water partition coefficient (Wildman–Crippen LogP) is 2.68. The van der Waals surface area contributed by atoms with E-state index < -0.39 is 0 Å². The Labute approximate surface area is 158 Å². The lowest BCUT2D eigenvalue weighted by Crippen LogP contribution is -2.42. The fourth-order valence-corrected chi connectivity index (χ4v) is 3.53. The van der Waals surface area contributed by atoms with Gasteiger partial charge in [-0.25, -0.2) is 0 Å². The summed E-state index contributed by atoms with van der Waals surface area (Å²) in [6.45, 7) is 12.8. The second-order valence-corrected chi connectivity index (χ2v) is 8.14. The summed E-state index contributed by atoms with van der Waals surface area (Å²) in [6, 6.07) is 0. The standard InChI is InChI=1S/C20H38O6/c1-20(2,3)17-4-5-18-19(16-17)26-15-13-24-11-9-22-7-6-21-8-10-23-12-14-25-18/h17-19H,4-16H2,1-3H3. The summed E-state index contributed by atoms with van der Waals surface area (Å²) in [4.78, 5) is 0. The van der Waals surface area contributed by atoms with Crippen molar-refractivity contribution in [3.05, 3.63) is 0 Å². The number of hydrogen-bond acceptors (Lipinski definition) is 6. The molecule has 2 aliphatic rings. The van der Waals surface area contributed by atoms with Crippen LogP contribution in [0.2, 0.25) is 0 Å². The van der Waals surface area contributed by atoms with Gasteiger partial charge >= 0.3 is 0 Å². The second kappa shape index (κ2) is 12.3. The Morgan fingerprint density at radius 1 is 0.538 bits per heavy atom. The highest BCUT2D eigenvalue weighted by molar-refractivity contribution is 4.87. The molecule has 0 aromatic rings. The van der Waals surface area contributed by atoms with Crippen LogP contribution in [0.15, 0.2) is 0 Å². The minimum Gasteiger partial charge on any atom is -0.377 e. The molecule has 0 spiro atoms. The number of rotatable bonds is 0. The monoisotopic (exact) mass is 374 g/mol. The van der Waals surface area contributed by atoms with Gasteiger partial charge in [-0.05, 0) is 30.6 Å².